The van der Waals surface area contributed by atoms with Crippen LogP contribution in [0.3, 0.4) is 0 Å². The molecule has 7 heavy (non-hydrogen) atoms. The fourth-order valence-electron chi connectivity index (χ4n) is 0.118. The summed E-state index contributed by atoms with van der Waals surface area (Å²) >= 11 is 0. The first-order chi connectivity index (χ1) is 3.31. The fourth-order valence-corrected chi connectivity index (χ4v) is 0.118. The summed E-state index contributed by atoms with van der Waals surface area (Å²) in [6.07, 6.45) is 3.99. The Balaban J connectivity index is 3.72. The Morgan fingerprint density at radius 3 is 2.29 bits per heavy atom. The molecule has 0 spiro atoms. The van der Waals surface area contributed by atoms with Crippen LogP contribution in [0.25, 0.3) is 0 Å². The van der Waals surface area contributed by atoms with Gasteiger partial charge in [-0.15, -0.1) is 0 Å². The zero-order chi connectivity index (χ0) is 5.70. The molecule has 36 valence electrons. The van der Waals surface area contributed by atoms with Crippen molar-refractivity contribution in [1.82, 2.24) is 0 Å². The van der Waals surface area contributed by atoms with E-state index in [9.17, 15) is 9.59 Å². The average Bonchev–Trinajstić information content (AvgIpc) is 1.68. The Morgan fingerprint density at radius 1 is 1.57 bits per heavy atom. The highest BCUT2D eigenvalue weighted by molar-refractivity contribution is 5.81. The van der Waals surface area contributed by atoms with Gasteiger partial charge in [-0.1, -0.05) is 0 Å². The van der Waals surface area contributed by atoms with E-state index < -0.39 is 0 Å². The molecule has 2 radical (unpaired) electrons. The second kappa shape index (κ2) is 3.28. The summed E-state index contributed by atoms with van der Waals surface area (Å²) in [7, 11) is 0. The van der Waals surface area contributed by atoms with Crippen LogP contribution in [0, 0.1) is 0 Å². The van der Waals surface area contributed by atoms with Crippen molar-refractivity contribution in [2.45, 2.75) is 6.92 Å². The highest BCUT2D eigenvalue weighted by Gasteiger charge is 1.79. The van der Waals surface area contributed by atoms with Crippen LogP contribution in [0.15, 0.2) is 11.6 Å². The van der Waals surface area contributed by atoms with E-state index in [1.165, 1.54) is 19.5 Å². The van der Waals surface area contributed by atoms with Crippen molar-refractivity contribution in [2.75, 3.05) is 0 Å². The summed E-state index contributed by atoms with van der Waals surface area (Å²) in [4.78, 5) is 18.9. The molecule has 0 N–H and O–H groups in total. The lowest BCUT2D eigenvalue weighted by molar-refractivity contribution is 0.559. The SMILES string of the molecule is C/C([C]=O)=C\[C]=O. The molecule has 0 saturated carbocycles. The van der Waals surface area contributed by atoms with E-state index in [1.54, 1.807) is 0 Å². The van der Waals surface area contributed by atoms with Crippen molar-refractivity contribution in [3.63, 3.8) is 0 Å². The largest absolute Gasteiger partial charge is 0.286 e. The van der Waals surface area contributed by atoms with Crippen LogP contribution in [0.4, 0.5) is 0 Å². The topological polar surface area (TPSA) is 34.1 Å². The van der Waals surface area contributed by atoms with Gasteiger partial charge in [-0.25, -0.2) is 0 Å². The van der Waals surface area contributed by atoms with Gasteiger partial charge in [0.05, 0.1) is 0 Å². The first-order valence-electron chi connectivity index (χ1n) is 1.74. The highest BCUT2D eigenvalue weighted by atomic mass is 16.1. The summed E-state index contributed by atoms with van der Waals surface area (Å²) in [6, 6.07) is 0. The van der Waals surface area contributed by atoms with Crippen LogP contribution in [-0.2, 0) is 9.59 Å². The monoisotopic (exact) mass is 96.0 g/mol. The molecule has 2 heteroatoms. The van der Waals surface area contributed by atoms with Crippen molar-refractivity contribution < 1.29 is 9.59 Å². The first kappa shape index (κ1) is 6.08. The Morgan fingerprint density at radius 2 is 2.14 bits per heavy atom. The maximum absolute atomic E-state index is 9.52. The van der Waals surface area contributed by atoms with Gasteiger partial charge in [0, 0.05) is 5.57 Å². The second-order valence-electron chi connectivity index (χ2n) is 1.05. The second-order valence-corrected chi connectivity index (χ2v) is 1.05. The minimum Gasteiger partial charge on any atom is -0.286 e. The smallest absolute Gasteiger partial charge is 0.229 e. The molecule has 0 amide bonds. The Hall–Kier alpha value is -0.920. The Labute approximate surface area is 41.8 Å². The van der Waals surface area contributed by atoms with Crippen molar-refractivity contribution >= 4 is 12.6 Å². The predicted octanol–water partition coefficient (Wildman–Crippen LogP) is 0.152. The average molecular weight is 96.1 g/mol. The summed E-state index contributed by atoms with van der Waals surface area (Å²) in [5, 5.41) is 0. The van der Waals surface area contributed by atoms with Crippen LogP contribution < -0.4 is 0 Å². The van der Waals surface area contributed by atoms with Crippen molar-refractivity contribution in [3.05, 3.63) is 11.6 Å². The molecule has 0 aromatic carbocycles. The maximum atomic E-state index is 9.52. The van der Waals surface area contributed by atoms with Gasteiger partial charge in [-0.3, -0.25) is 9.59 Å². The number of hydrogen-bond acceptors (Lipinski definition) is 2. The van der Waals surface area contributed by atoms with Crippen LogP contribution in [0.2, 0.25) is 0 Å². The van der Waals surface area contributed by atoms with Crippen LogP contribution in [0.1, 0.15) is 6.92 Å². The van der Waals surface area contributed by atoms with Gasteiger partial charge in [0.25, 0.3) is 0 Å². The molecule has 0 fully saturated rings. The van der Waals surface area contributed by atoms with E-state index in [2.05, 4.69) is 0 Å². The molecule has 0 rings (SSSR count). The van der Waals surface area contributed by atoms with Gasteiger partial charge in [-0.05, 0) is 13.0 Å². The third kappa shape index (κ3) is 2.89. The minimum absolute atomic E-state index is 0.273. The quantitative estimate of drug-likeness (QED) is 0.458. The van der Waals surface area contributed by atoms with Crippen molar-refractivity contribution in [3.8, 4) is 0 Å². The van der Waals surface area contributed by atoms with Gasteiger partial charge < -0.3 is 0 Å². The Kier molecular flexibility index (Phi) is 2.85. The fraction of sp³-hybridized carbons (Fsp3) is 0.200. The summed E-state index contributed by atoms with van der Waals surface area (Å²) < 4.78 is 0. The number of carbonyl (C=O) groups excluding carboxylic acids is 2. The van der Waals surface area contributed by atoms with E-state index in [0.717, 1.165) is 6.08 Å². The zero-order valence-corrected chi connectivity index (χ0v) is 3.89. The molecule has 0 atom stereocenters. The third-order valence-corrected chi connectivity index (χ3v) is 0.436. The maximum Gasteiger partial charge on any atom is 0.229 e. The Bertz CT molecular complexity index is 103. The molecule has 0 heterocycles. The van der Waals surface area contributed by atoms with Gasteiger partial charge in [0.1, 0.15) is 0 Å². The van der Waals surface area contributed by atoms with Gasteiger partial charge in [0.15, 0.2) is 0 Å². The van der Waals surface area contributed by atoms with E-state index in [4.69, 9.17) is 0 Å². The lowest BCUT2D eigenvalue weighted by Crippen LogP contribution is -1.74. The molecular formula is C5H4O2. The lowest BCUT2D eigenvalue weighted by atomic mass is 10.3. The van der Waals surface area contributed by atoms with E-state index in [1.807, 2.05) is 0 Å². The van der Waals surface area contributed by atoms with Gasteiger partial charge in [-0.2, -0.15) is 0 Å². The number of hydrogen-bond donors (Lipinski definition) is 0. The molecule has 0 aromatic rings. The van der Waals surface area contributed by atoms with E-state index >= 15 is 0 Å². The van der Waals surface area contributed by atoms with Crippen LogP contribution in [0.5, 0.6) is 0 Å². The van der Waals surface area contributed by atoms with Crippen molar-refractivity contribution in [1.29, 1.82) is 0 Å². The standard InChI is InChI=1S/C5H4O2/c1-5(4-7)2-3-6/h2H,1H3/b5-2+. The normalized spacial score (nSPS) is 10.7. The minimum atomic E-state index is 0.273. The van der Waals surface area contributed by atoms with Crippen LogP contribution >= 0.6 is 0 Å². The van der Waals surface area contributed by atoms with Crippen LogP contribution in [-0.4, -0.2) is 12.6 Å². The van der Waals surface area contributed by atoms with Gasteiger partial charge in [0.2, 0.25) is 12.6 Å². The first-order valence-corrected chi connectivity index (χ1v) is 1.74. The molecule has 0 bridgehead atoms. The van der Waals surface area contributed by atoms with Gasteiger partial charge >= 0.3 is 0 Å². The molecule has 2 nitrogen and oxygen atoms in total. The van der Waals surface area contributed by atoms with Crippen molar-refractivity contribution in [2.24, 2.45) is 0 Å². The molecule has 0 aromatic heterocycles. The summed E-state index contributed by atoms with van der Waals surface area (Å²) in [5.74, 6) is 0. The highest BCUT2D eigenvalue weighted by Crippen LogP contribution is 1.79. The lowest BCUT2D eigenvalue weighted by Gasteiger charge is -1.70. The molecule has 0 unspecified atom stereocenters. The number of allylic oxidation sites excluding steroid dienone is 2. The number of rotatable bonds is 2. The summed E-state index contributed by atoms with van der Waals surface area (Å²) in [5.41, 5.74) is 0.273. The molecule has 0 aliphatic heterocycles. The summed E-state index contributed by atoms with van der Waals surface area (Å²) in [6.45, 7) is 1.48. The zero-order valence-electron chi connectivity index (χ0n) is 3.89. The van der Waals surface area contributed by atoms with E-state index in [-0.39, 0.29) is 5.57 Å². The van der Waals surface area contributed by atoms with E-state index in [0.29, 0.717) is 0 Å². The molecule has 0 aliphatic rings. The molecule has 0 saturated heterocycles. The molecular weight excluding hydrogens is 92.1 g/mol. The third-order valence-electron chi connectivity index (χ3n) is 0.436. The predicted molar refractivity (Wildman–Crippen MR) is 25.1 cm³/mol. The molecule has 0 aliphatic carbocycles.